The van der Waals surface area contributed by atoms with Crippen molar-refractivity contribution in [1.29, 1.82) is 0 Å². The van der Waals surface area contributed by atoms with E-state index in [9.17, 15) is 4.79 Å². The minimum Gasteiger partial charge on any atom is -0.497 e. The van der Waals surface area contributed by atoms with Gasteiger partial charge >= 0.3 is 0 Å². The SMILES string of the molecule is COc1cccc(C2CCc3nc(C(=O)NCCc4ccccc4)cn3C2)c1. The normalized spacial score (nSPS) is 15.7. The van der Waals surface area contributed by atoms with Gasteiger partial charge in [-0.05, 0) is 36.1 Å². The van der Waals surface area contributed by atoms with Gasteiger partial charge in [0.1, 0.15) is 17.3 Å². The first-order chi connectivity index (χ1) is 13.7. The van der Waals surface area contributed by atoms with Crippen LogP contribution in [0.3, 0.4) is 0 Å². The molecule has 144 valence electrons. The Kier molecular flexibility index (Phi) is 5.42. The number of fused-ring (bicyclic) bond motifs is 1. The number of aromatic nitrogens is 2. The summed E-state index contributed by atoms with van der Waals surface area (Å²) in [5.41, 5.74) is 3.00. The van der Waals surface area contributed by atoms with Gasteiger partial charge in [-0.3, -0.25) is 4.79 Å². The van der Waals surface area contributed by atoms with E-state index < -0.39 is 0 Å². The number of nitrogens with one attached hydrogen (secondary N) is 1. The molecule has 1 aliphatic rings. The monoisotopic (exact) mass is 375 g/mol. The third kappa shape index (κ3) is 4.09. The zero-order valence-electron chi connectivity index (χ0n) is 16.1. The van der Waals surface area contributed by atoms with Crippen molar-refractivity contribution in [3.8, 4) is 5.75 Å². The highest BCUT2D eigenvalue weighted by atomic mass is 16.5. The molecule has 1 atom stereocenters. The minimum absolute atomic E-state index is 0.101. The molecule has 1 unspecified atom stereocenters. The number of methoxy groups -OCH3 is 1. The molecule has 1 aliphatic heterocycles. The number of benzene rings is 2. The van der Waals surface area contributed by atoms with Crippen molar-refractivity contribution in [3.05, 3.63) is 83.4 Å². The minimum atomic E-state index is -0.101. The fourth-order valence-corrected chi connectivity index (χ4v) is 3.78. The molecule has 0 saturated heterocycles. The number of carbonyl (C=O) groups excluding carboxylic acids is 1. The molecule has 4 rings (SSSR count). The Labute approximate surface area is 165 Å². The van der Waals surface area contributed by atoms with E-state index in [2.05, 4.69) is 39.1 Å². The van der Waals surface area contributed by atoms with Gasteiger partial charge in [-0.2, -0.15) is 0 Å². The maximum absolute atomic E-state index is 12.5. The molecule has 3 aromatic rings. The lowest BCUT2D eigenvalue weighted by atomic mass is 9.91. The third-order valence-corrected chi connectivity index (χ3v) is 5.33. The highest BCUT2D eigenvalue weighted by Crippen LogP contribution is 2.30. The number of ether oxygens (including phenoxy) is 1. The molecule has 0 radical (unpaired) electrons. The molecule has 0 bridgehead atoms. The van der Waals surface area contributed by atoms with Crippen LogP contribution in [0.25, 0.3) is 0 Å². The molecular weight excluding hydrogens is 350 g/mol. The highest BCUT2D eigenvalue weighted by molar-refractivity contribution is 5.92. The number of rotatable bonds is 6. The van der Waals surface area contributed by atoms with E-state index in [1.807, 2.05) is 36.5 Å². The molecule has 2 heterocycles. The topological polar surface area (TPSA) is 56.1 Å². The number of imidazole rings is 1. The number of nitrogens with zero attached hydrogens (tertiary/aromatic N) is 2. The van der Waals surface area contributed by atoms with Crippen LogP contribution in [0.2, 0.25) is 0 Å². The Morgan fingerprint density at radius 2 is 2.07 bits per heavy atom. The van der Waals surface area contributed by atoms with Gasteiger partial charge in [0.25, 0.3) is 5.91 Å². The van der Waals surface area contributed by atoms with E-state index >= 15 is 0 Å². The van der Waals surface area contributed by atoms with Crippen LogP contribution in [-0.2, 0) is 19.4 Å². The lowest BCUT2D eigenvalue weighted by Crippen LogP contribution is -2.26. The number of hydrogen-bond acceptors (Lipinski definition) is 3. The summed E-state index contributed by atoms with van der Waals surface area (Å²) >= 11 is 0. The van der Waals surface area contributed by atoms with Crippen molar-refractivity contribution in [2.24, 2.45) is 0 Å². The maximum atomic E-state index is 12.5. The van der Waals surface area contributed by atoms with Gasteiger partial charge in [-0.15, -0.1) is 0 Å². The van der Waals surface area contributed by atoms with Crippen molar-refractivity contribution in [3.63, 3.8) is 0 Å². The molecule has 5 heteroatoms. The smallest absolute Gasteiger partial charge is 0.271 e. The Hall–Kier alpha value is -3.08. The predicted molar refractivity (Wildman–Crippen MR) is 109 cm³/mol. The van der Waals surface area contributed by atoms with Gasteiger partial charge in [0.2, 0.25) is 0 Å². The zero-order valence-corrected chi connectivity index (χ0v) is 16.1. The molecule has 5 nitrogen and oxygen atoms in total. The Bertz CT molecular complexity index is 949. The first kappa shape index (κ1) is 18.3. The van der Waals surface area contributed by atoms with E-state index in [0.29, 0.717) is 18.2 Å². The van der Waals surface area contributed by atoms with Gasteiger partial charge in [-0.25, -0.2) is 4.98 Å². The molecule has 1 aromatic heterocycles. The summed E-state index contributed by atoms with van der Waals surface area (Å²) in [6.45, 7) is 1.45. The van der Waals surface area contributed by atoms with Crippen molar-refractivity contribution < 1.29 is 9.53 Å². The van der Waals surface area contributed by atoms with E-state index in [1.165, 1.54) is 11.1 Å². The second kappa shape index (κ2) is 8.30. The van der Waals surface area contributed by atoms with Gasteiger partial charge in [0, 0.05) is 31.6 Å². The van der Waals surface area contributed by atoms with Crippen LogP contribution < -0.4 is 10.1 Å². The van der Waals surface area contributed by atoms with Crippen molar-refractivity contribution in [1.82, 2.24) is 14.9 Å². The lowest BCUT2D eigenvalue weighted by molar-refractivity contribution is 0.0949. The van der Waals surface area contributed by atoms with Crippen LogP contribution in [0.4, 0.5) is 0 Å². The molecule has 0 fully saturated rings. The average molecular weight is 375 g/mol. The molecule has 1 amide bonds. The molecule has 0 spiro atoms. The molecule has 0 saturated carbocycles. The molecule has 0 aliphatic carbocycles. The Morgan fingerprint density at radius 3 is 2.89 bits per heavy atom. The standard InChI is InChI=1S/C23H25N3O2/c1-28-20-9-5-8-18(14-20)19-10-11-22-25-21(16-26(22)15-19)23(27)24-13-12-17-6-3-2-4-7-17/h2-9,14,16,19H,10-13,15H2,1H3,(H,24,27). The fourth-order valence-electron chi connectivity index (χ4n) is 3.78. The zero-order chi connectivity index (χ0) is 19.3. The van der Waals surface area contributed by atoms with Crippen LogP contribution in [0.5, 0.6) is 5.75 Å². The van der Waals surface area contributed by atoms with Crippen LogP contribution in [0.15, 0.2) is 60.8 Å². The summed E-state index contributed by atoms with van der Waals surface area (Å²) in [7, 11) is 1.69. The fraction of sp³-hybridized carbons (Fsp3) is 0.304. The van der Waals surface area contributed by atoms with E-state index in [4.69, 9.17) is 4.74 Å². The van der Waals surface area contributed by atoms with E-state index in [0.717, 1.165) is 37.4 Å². The first-order valence-corrected chi connectivity index (χ1v) is 9.75. The highest BCUT2D eigenvalue weighted by Gasteiger charge is 2.23. The number of aryl methyl sites for hydroxylation is 1. The average Bonchev–Trinajstić information content (AvgIpc) is 3.18. The summed E-state index contributed by atoms with van der Waals surface area (Å²) in [4.78, 5) is 17.0. The Balaban J connectivity index is 1.38. The van der Waals surface area contributed by atoms with Crippen molar-refractivity contribution in [2.45, 2.75) is 31.7 Å². The quantitative estimate of drug-likeness (QED) is 0.716. The van der Waals surface area contributed by atoms with E-state index in [-0.39, 0.29) is 5.91 Å². The lowest BCUT2D eigenvalue weighted by Gasteiger charge is -2.24. The second-order valence-electron chi connectivity index (χ2n) is 7.20. The van der Waals surface area contributed by atoms with Crippen LogP contribution in [0.1, 0.15) is 39.8 Å². The predicted octanol–water partition coefficient (Wildman–Crippen LogP) is 3.59. The number of amides is 1. The maximum Gasteiger partial charge on any atom is 0.271 e. The molecule has 28 heavy (non-hydrogen) atoms. The third-order valence-electron chi connectivity index (χ3n) is 5.33. The summed E-state index contributed by atoms with van der Waals surface area (Å²) in [5.74, 6) is 2.18. The molecule has 2 aromatic carbocycles. The van der Waals surface area contributed by atoms with E-state index in [1.54, 1.807) is 7.11 Å². The van der Waals surface area contributed by atoms with Gasteiger partial charge < -0.3 is 14.6 Å². The van der Waals surface area contributed by atoms with Crippen LogP contribution >= 0.6 is 0 Å². The van der Waals surface area contributed by atoms with Gasteiger partial charge in [-0.1, -0.05) is 42.5 Å². The molecule has 1 N–H and O–H groups in total. The Morgan fingerprint density at radius 1 is 1.21 bits per heavy atom. The van der Waals surface area contributed by atoms with Gasteiger partial charge in [0.15, 0.2) is 0 Å². The summed E-state index contributed by atoms with van der Waals surface area (Å²) < 4.78 is 7.47. The van der Waals surface area contributed by atoms with Crippen LogP contribution in [-0.4, -0.2) is 29.1 Å². The van der Waals surface area contributed by atoms with Crippen molar-refractivity contribution >= 4 is 5.91 Å². The first-order valence-electron chi connectivity index (χ1n) is 9.75. The molecular formula is C23H25N3O2. The largest absolute Gasteiger partial charge is 0.497 e. The number of carbonyl (C=O) groups is 1. The number of hydrogen-bond donors (Lipinski definition) is 1. The summed E-state index contributed by atoms with van der Waals surface area (Å²) in [6.07, 6.45) is 4.61. The van der Waals surface area contributed by atoms with Crippen LogP contribution in [0, 0.1) is 0 Å². The summed E-state index contributed by atoms with van der Waals surface area (Å²) in [6, 6.07) is 18.4. The summed E-state index contributed by atoms with van der Waals surface area (Å²) in [5, 5.41) is 2.98. The van der Waals surface area contributed by atoms with Crippen molar-refractivity contribution in [2.75, 3.05) is 13.7 Å². The second-order valence-corrected chi connectivity index (χ2v) is 7.20. The van der Waals surface area contributed by atoms with Gasteiger partial charge in [0.05, 0.1) is 7.11 Å².